The highest BCUT2D eigenvalue weighted by molar-refractivity contribution is 5.96. The number of carbonyl (C=O) groups is 3. The van der Waals surface area contributed by atoms with Crippen LogP contribution >= 0.6 is 0 Å². The third kappa shape index (κ3) is 5.70. The summed E-state index contributed by atoms with van der Waals surface area (Å²) >= 11 is 0. The monoisotopic (exact) mass is 372 g/mol. The quantitative estimate of drug-likeness (QED) is 0.761. The molecule has 0 fully saturated rings. The number of hydrogen-bond donors (Lipinski definition) is 2. The highest BCUT2D eigenvalue weighted by atomic mass is 16.5. The maximum Gasteiger partial charge on any atom is 0.321 e. The zero-order chi connectivity index (χ0) is 20.0. The van der Waals surface area contributed by atoms with Crippen molar-refractivity contribution in [3.05, 3.63) is 42.0 Å². The fraction of sp³-hybridized carbons (Fsp3) is 0.350. The van der Waals surface area contributed by atoms with Crippen LogP contribution < -0.4 is 15.4 Å². The van der Waals surface area contributed by atoms with E-state index in [0.29, 0.717) is 0 Å². The molecule has 27 heavy (non-hydrogen) atoms. The number of fused-ring (bicyclic) bond motifs is 1. The maximum absolute atomic E-state index is 12.2. The van der Waals surface area contributed by atoms with Crippen molar-refractivity contribution in [2.45, 2.75) is 32.7 Å². The van der Waals surface area contributed by atoms with E-state index >= 15 is 0 Å². The van der Waals surface area contributed by atoms with Crippen LogP contribution in [0.5, 0.6) is 5.75 Å². The fourth-order valence-electron chi connectivity index (χ4n) is 2.50. The molecule has 2 aromatic carbocycles. The summed E-state index contributed by atoms with van der Waals surface area (Å²) in [6.45, 7) is 4.73. The first-order valence-electron chi connectivity index (χ1n) is 8.65. The van der Waals surface area contributed by atoms with Gasteiger partial charge >= 0.3 is 12.0 Å². The van der Waals surface area contributed by atoms with Crippen molar-refractivity contribution in [1.29, 1.82) is 0 Å². The Hall–Kier alpha value is -3.09. The lowest BCUT2D eigenvalue weighted by Gasteiger charge is -2.13. The lowest BCUT2D eigenvalue weighted by atomic mass is 9.98. The molecule has 2 aromatic rings. The van der Waals surface area contributed by atoms with Crippen molar-refractivity contribution < 1.29 is 23.9 Å². The standard InChI is InChI=1S/C20H24N2O5/c1-12(2)21-20(25)22-18(23)11-27-19(24)13(3)14-5-6-16-10-17(26-4)8-7-15(16)9-14/h5-10,12-13H,11H2,1-4H3,(H2,21,22,23,25)/t13-/m0/s1. The Labute approximate surface area is 158 Å². The van der Waals surface area contributed by atoms with Crippen LogP contribution in [0.15, 0.2) is 36.4 Å². The predicted molar refractivity (Wildman–Crippen MR) is 102 cm³/mol. The summed E-state index contributed by atoms with van der Waals surface area (Å²) in [6, 6.07) is 10.6. The first kappa shape index (κ1) is 20.2. The second-order valence-electron chi connectivity index (χ2n) is 6.48. The molecule has 2 rings (SSSR count). The van der Waals surface area contributed by atoms with E-state index in [1.165, 1.54) is 0 Å². The summed E-state index contributed by atoms with van der Waals surface area (Å²) in [5.41, 5.74) is 0.774. The van der Waals surface area contributed by atoms with Crippen LogP contribution in [0.4, 0.5) is 4.79 Å². The zero-order valence-corrected chi connectivity index (χ0v) is 15.9. The van der Waals surface area contributed by atoms with Gasteiger partial charge in [-0.3, -0.25) is 14.9 Å². The normalized spacial score (nSPS) is 11.7. The summed E-state index contributed by atoms with van der Waals surface area (Å²) < 4.78 is 10.2. The summed E-state index contributed by atoms with van der Waals surface area (Å²) in [5, 5.41) is 6.58. The van der Waals surface area contributed by atoms with Crippen LogP contribution in [0, 0.1) is 0 Å². The van der Waals surface area contributed by atoms with Gasteiger partial charge in [-0.05, 0) is 49.2 Å². The van der Waals surface area contributed by atoms with Crippen LogP contribution in [0.3, 0.4) is 0 Å². The number of ether oxygens (including phenoxy) is 2. The van der Waals surface area contributed by atoms with E-state index in [1.54, 1.807) is 27.9 Å². The van der Waals surface area contributed by atoms with Gasteiger partial charge < -0.3 is 14.8 Å². The van der Waals surface area contributed by atoms with Gasteiger partial charge in [0, 0.05) is 6.04 Å². The molecule has 0 radical (unpaired) electrons. The summed E-state index contributed by atoms with van der Waals surface area (Å²) in [6.07, 6.45) is 0. The number of benzene rings is 2. The predicted octanol–water partition coefficient (Wildman–Crippen LogP) is 2.73. The number of imide groups is 1. The Morgan fingerprint density at radius 1 is 1.00 bits per heavy atom. The Balaban J connectivity index is 1.95. The number of nitrogens with one attached hydrogen (secondary N) is 2. The minimum atomic E-state index is -0.681. The van der Waals surface area contributed by atoms with E-state index in [0.717, 1.165) is 22.1 Å². The van der Waals surface area contributed by atoms with Gasteiger partial charge in [-0.2, -0.15) is 0 Å². The van der Waals surface area contributed by atoms with Gasteiger partial charge in [-0.15, -0.1) is 0 Å². The van der Waals surface area contributed by atoms with Crippen LogP contribution in [0.2, 0.25) is 0 Å². The molecule has 0 bridgehead atoms. The second-order valence-corrected chi connectivity index (χ2v) is 6.48. The molecule has 0 saturated carbocycles. The first-order chi connectivity index (χ1) is 12.8. The molecule has 7 nitrogen and oxygen atoms in total. The van der Waals surface area contributed by atoms with Crippen LogP contribution in [0.1, 0.15) is 32.3 Å². The smallest absolute Gasteiger partial charge is 0.321 e. The molecule has 0 aliphatic heterocycles. The van der Waals surface area contributed by atoms with Crippen molar-refractivity contribution in [3.63, 3.8) is 0 Å². The number of amides is 3. The fourth-order valence-corrected chi connectivity index (χ4v) is 2.50. The number of hydrogen-bond acceptors (Lipinski definition) is 5. The molecular formula is C20H24N2O5. The number of carbonyl (C=O) groups excluding carboxylic acids is 3. The van der Waals surface area contributed by atoms with E-state index in [4.69, 9.17) is 9.47 Å². The topological polar surface area (TPSA) is 93.7 Å². The van der Waals surface area contributed by atoms with Gasteiger partial charge in [0.05, 0.1) is 13.0 Å². The SMILES string of the molecule is COc1ccc2cc([C@H](C)C(=O)OCC(=O)NC(=O)NC(C)C)ccc2c1. The summed E-state index contributed by atoms with van der Waals surface area (Å²) in [7, 11) is 1.61. The average molecular weight is 372 g/mol. The molecule has 0 heterocycles. The zero-order valence-electron chi connectivity index (χ0n) is 15.9. The first-order valence-corrected chi connectivity index (χ1v) is 8.65. The van der Waals surface area contributed by atoms with Crippen molar-refractivity contribution in [2.75, 3.05) is 13.7 Å². The van der Waals surface area contributed by atoms with Gasteiger partial charge in [-0.1, -0.05) is 24.3 Å². The molecule has 0 aromatic heterocycles. The Bertz CT molecular complexity index is 847. The average Bonchev–Trinajstić information content (AvgIpc) is 2.63. The van der Waals surface area contributed by atoms with Crippen LogP contribution in [0.25, 0.3) is 10.8 Å². The highest BCUT2D eigenvalue weighted by Gasteiger charge is 2.19. The molecular weight excluding hydrogens is 348 g/mol. The molecule has 1 atom stereocenters. The third-order valence-corrected chi connectivity index (χ3v) is 3.94. The largest absolute Gasteiger partial charge is 0.497 e. The molecule has 0 saturated heterocycles. The van der Waals surface area contributed by atoms with Gasteiger partial charge in [0.25, 0.3) is 5.91 Å². The molecule has 2 N–H and O–H groups in total. The molecule has 0 unspecified atom stereocenters. The molecule has 0 spiro atoms. The molecule has 144 valence electrons. The Morgan fingerprint density at radius 2 is 1.67 bits per heavy atom. The van der Waals surface area contributed by atoms with E-state index in [9.17, 15) is 14.4 Å². The van der Waals surface area contributed by atoms with Gasteiger partial charge in [0.1, 0.15) is 5.75 Å². The van der Waals surface area contributed by atoms with Gasteiger partial charge in [0.15, 0.2) is 6.61 Å². The Kier molecular flexibility index (Phi) is 6.76. The second kappa shape index (κ2) is 9.02. The minimum absolute atomic E-state index is 0.103. The van der Waals surface area contributed by atoms with Crippen LogP contribution in [-0.4, -0.2) is 37.7 Å². The number of urea groups is 1. The summed E-state index contributed by atoms with van der Waals surface area (Å²) in [4.78, 5) is 35.3. The molecule has 7 heteroatoms. The lowest BCUT2D eigenvalue weighted by Crippen LogP contribution is -2.44. The van der Waals surface area contributed by atoms with Crippen molar-refractivity contribution in [2.24, 2.45) is 0 Å². The van der Waals surface area contributed by atoms with Gasteiger partial charge in [0.2, 0.25) is 0 Å². The van der Waals surface area contributed by atoms with Gasteiger partial charge in [-0.25, -0.2) is 4.79 Å². The minimum Gasteiger partial charge on any atom is -0.497 e. The van der Waals surface area contributed by atoms with Crippen molar-refractivity contribution in [1.82, 2.24) is 10.6 Å². The van der Waals surface area contributed by atoms with E-state index in [1.807, 2.05) is 36.4 Å². The van der Waals surface area contributed by atoms with E-state index in [2.05, 4.69) is 10.6 Å². The number of rotatable bonds is 6. The maximum atomic E-state index is 12.2. The summed E-state index contributed by atoms with van der Waals surface area (Å²) in [5.74, 6) is -1.01. The van der Waals surface area contributed by atoms with E-state index < -0.39 is 30.4 Å². The number of esters is 1. The van der Waals surface area contributed by atoms with E-state index in [-0.39, 0.29) is 6.04 Å². The van der Waals surface area contributed by atoms with Crippen LogP contribution in [-0.2, 0) is 14.3 Å². The lowest BCUT2D eigenvalue weighted by molar-refractivity contribution is -0.149. The molecule has 0 aliphatic rings. The van der Waals surface area contributed by atoms with Crippen molar-refractivity contribution in [3.8, 4) is 5.75 Å². The highest BCUT2D eigenvalue weighted by Crippen LogP contribution is 2.25. The molecule has 3 amide bonds. The van der Waals surface area contributed by atoms with Crippen molar-refractivity contribution >= 4 is 28.7 Å². The third-order valence-electron chi connectivity index (χ3n) is 3.94. The Morgan fingerprint density at radius 3 is 2.33 bits per heavy atom. The number of methoxy groups -OCH3 is 1. The molecule has 0 aliphatic carbocycles.